The molecule has 0 spiro atoms. The summed E-state index contributed by atoms with van der Waals surface area (Å²) in [6, 6.07) is 14.3. The average Bonchev–Trinajstić information content (AvgIpc) is 2.53. The van der Waals surface area contributed by atoms with Gasteiger partial charge in [-0.1, -0.05) is 18.2 Å². The zero-order chi connectivity index (χ0) is 16.8. The van der Waals surface area contributed by atoms with Gasteiger partial charge in [0.2, 0.25) is 0 Å². The summed E-state index contributed by atoms with van der Waals surface area (Å²) >= 11 is 0. The van der Waals surface area contributed by atoms with Gasteiger partial charge in [-0.3, -0.25) is 4.79 Å². The standard InChI is InChI=1S/C21H23NO2/c1-13-8-14(2)10-17(9-13)22-16-6-7-19(20(24)12-16)21(22)15-4-3-5-18(23)11-15/h3-5,8-11,16,19,21,23H,6-7,12H2,1-2H3. The maximum absolute atomic E-state index is 12.5. The molecule has 124 valence electrons. The fourth-order valence-corrected chi connectivity index (χ4v) is 4.58. The Hall–Kier alpha value is -2.29. The summed E-state index contributed by atoms with van der Waals surface area (Å²) in [5.74, 6) is 0.666. The van der Waals surface area contributed by atoms with Crippen LogP contribution in [0.1, 0.15) is 42.0 Å². The Balaban J connectivity index is 1.84. The molecule has 2 saturated heterocycles. The first-order chi connectivity index (χ1) is 11.5. The van der Waals surface area contributed by atoms with Gasteiger partial charge in [-0.2, -0.15) is 0 Å². The first kappa shape index (κ1) is 15.3. The number of piperidine rings is 2. The molecule has 0 amide bonds. The minimum absolute atomic E-state index is 0.0256. The van der Waals surface area contributed by atoms with Crippen LogP contribution in [0.25, 0.3) is 0 Å². The quantitative estimate of drug-likeness (QED) is 0.896. The highest BCUT2D eigenvalue weighted by atomic mass is 16.3. The van der Waals surface area contributed by atoms with Crippen molar-refractivity contribution in [3.8, 4) is 5.75 Å². The number of carbonyl (C=O) groups is 1. The molecule has 1 saturated carbocycles. The molecule has 1 aliphatic carbocycles. The van der Waals surface area contributed by atoms with Crippen molar-refractivity contribution in [1.29, 1.82) is 0 Å². The Morgan fingerprint density at radius 2 is 1.79 bits per heavy atom. The number of Topliss-reactive ketones (excluding diaryl/α,β-unsaturated/α-hetero) is 1. The van der Waals surface area contributed by atoms with Crippen LogP contribution in [0, 0.1) is 19.8 Å². The molecule has 3 nitrogen and oxygen atoms in total. The molecule has 3 fully saturated rings. The second-order valence-corrected chi connectivity index (χ2v) is 7.30. The smallest absolute Gasteiger partial charge is 0.140 e. The zero-order valence-corrected chi connectivity index (χ0v) is 14.2. The van der Waals surface area contributed by atoms with E-state index in [1.54, 1.807) is 6.07 Å². The Morgan fingerprint density at radius 1 is 1.04 bits per heavy atom. The van der Waals surface area contributed by atoms with Gasteiger partial charge in [0.15, 0.2) is 0 Å². The summed E-state index contributed by atoms with van der Waals surface area (Å²) in [6.45, 7) is 4.24. The highest BCUT2D eigenvalue weighted by Gasteiger charge is 2.47. The number of aromatic hydroxyl groups is 1. The lowest BCUT2D eigenvalue weighted by Crippen LogP contribution is -2.54. The number of aryl methyl sites for hydroxylation is 2. The molecule has 0 radical (unpaired) electrons. The molecule has 2 aromatic rings. The van der Waals surface area contributed by atoms with Crippen molar-refractivity contribution in [3.05, 3.63) is 59.2 Å². The summed E-state index contributed by atoms with van der Waals surface area (Å²) in [6.07, 6.45) is 2.66. The number of hydrogen-bond acceptors (Lipinski definition) is 3. The molecule has 24 heavy (non-hydrogen) atoms. The fourth-order valence-electron chi connectivity index (χ4n) is 4.58. The summed E-state index contributed by atoms with van der Waals surface area (Å²) in [7, 11) is 0. The molecule has 0 aromatic heterocycles. The van der Waals surface area contributed by atoms with Crippen LogP contribution in [-0.2, 0) is 4.79 Å². The third-order valence-electron chi connectivity index (χ3n) is 5.45. The van der Waals surface area contributed by atoms with Gasteiger partial charge in [-0.05, 0) is 67.6 Å². The minimum Gasteiger partial charge on any atom is -0.508 e. The highest BCUT2D eigenvalue weighted by Crippen LogP contribution is 2.48. The lowest BCUT2D eigenvalue weighted by atomic mass is 9.71. The molecule has 1 N–H and O–H groups in total. The van der Waals surface area contributed by atoms with Gasteiger partial charge in [0.1, 0.15) is 11.5 Å². The number of anilines is 1. The van der Waals surface area contributed by atoms with Crippen LogP contribution in [0.2, 0.25) is 0 Å². The lowest BCUT2D eigenvalue weighted by Gasteiger charge is -2.52. The molecule has 2 bridgehead atoms. The van der Waals surface area contributed by atoms with E-state index in [1.165, 1.54) is 16.8 Å². The van der Waals surface area contributed by atoms with E-state index in [2.05, 4.69) is 36.9 Å². The van der Waals surface area contributed by atoms with Crippen molar-refractivity contribution in [2.75, 3.05) is 4.90 Å². The number of fused-ring (bicyclic) bond motifs is 3. The number of ketones is 1. The Bertz CT molecular complexity index is 778. The van der Waals surface area contributed by atoms with Crippen LogP contribution in [0.3, 0.4) is 0 Å². The molecule has 2 heterocycles. The average molecular weight is 321 g/mol. The fraction of sp³-hybridized carbons (Fsp3) is 0.381. The van der Waals surface area contributed by atoms with E-state index >= 15 is 0 Å². The topological polar surface area (TPSA) is 40.5 Å². The van der Waals surface area contributed by atoms with Gasteiger partial charge in [0.25, 0.3) is 0 Å². The number of phenols is 1. The van der Waals surface area contributed by atoms with E-state index in [-0.39, 0.29) is 23.8 Å². The van der Waals surface area contributed by atoms with Crippen molar-refractivity contribution in [2.45, 2.75) is 45.2 Å². The number of benzene rings is 2. The lowest BCUT2D eigenvalue weighted by molar-refractivity contribution is -0.128. The largest absolute Gasteiger partial charge is 0.508 e. The molecule has 3 atom stereocenters. The van der Waals surface area contributed by atoms with Crippen LogP contribution in [0.4, 0.5) is 5.69 Å². The van der Waals surface area contributed by atoms with E-state index in [0.29, 0.717) is 12.2 Å². The van der Waals surface area contributed by atoms with Gasteiger partial charge in [0, 0.05) is 24.1 Å². The second-order valence-electron chi connectivity index (χ2n) is 7.30. The van der Waals surface area contributed by atoms with Gasteiger partial charge >= 0.3 is 0 Å². The highest BCUT2D eigenvalue weighted by molar-refractivity contribution is 5.86. The van der Waals surface area contributed by atoms with Gasteiger partial charge < -0.3 is 10.0 Å². The van der Waals surface area contributed by atoms with Crippen LogP contribution >= 0.6 is 0 Å². The van der Waals surface area contributed by atoms with Crippen molar-refractivity contribution in [2.24, 2.45) is 5.92 Å². The van der Waals surface area contributed by atoms with Crippen LogP contribution < -0.4 is 4.90 Å². The van der Waals surface area contributed by atoms with Crippen LogP contribution in [-0.4, -0.2) is 16.9 Å². The molecular formula is C21H23NO2. The molecule has 2 aromatic carbocycles. The van der Waals surface area contributed by atoms with Gasteiger partial charge in [-0.25, -0.2) is 0 Å². The van der Waals surface area contributed by atoms with E-state index < -0.39 is 0 Å². The number of nitrogens with zero attached hydrogens (tertiary/aromatic N) is 1. The van der Waals surface area contributed by atoms with E-state index in [9.17, 15) is 9.90 Å². The van der Waals surface area contributed by atoms with E-state index in [1.807, 2.05) is 18.2 Å². The van der Waals surface area contributed by atoms with Crippen molar-refractivity contribution in [3.63, 3.8) is 0 Å². The molecular weight excluding hydrogens is 298 g/mol. The zero-order valence-electron chi connectivity index (χ0n) is 14.2. The number of carbonyl (C=O) groups excluding carboxylic acids is 1. The first-order valence-corrected chi connectivity index (χ1v) is 8.71. The molecule has 3 unspecified atom stereocenters. The summed E-state index contributed by atoms with van der Waals surface area (Å²) in [5, 5.41) is 9.92. The predicted molar refractivity (Wildman–Crippen MR) is 95.4 cm³/mol. The van der Waals surface area contributed by atoms with Crippen LogP contribution in [0.5, 0.6) is 5.75 Å². The second kappa shape index (κ2) is 5.66. The van der Waals surface area contributed by atoms with Gasteiger partial charge in [0.05, 0.1) is 6.04 Å². The van der Waals surface area contributed by atoms with Crippen LogP contribution in [0.15, 0.2) is 42.5 Å². The van der Waals surface area contributed by atoms with Crippen molar-refractivity contribution in [1.82, 2.24) is 0 Å². The SMILES string of the molecule is Cc1cc(C)cc(N2C3CCC(C(=O)C3)C2c2cccc(O)c2)c1. The van der Waals surface area contributed by atoms with E-state index in [0.717, 1.165) is 18.4 Å². The maximum Gasteiger partial charge on any atom is 0.140 e. The minimum atomic E-state index is 0.0256. The third-order valence-corrected chi connectivity index (χ3v) is 5.45. The molecule has 5 rings (SSSR count). The number of rotatable bonds is 2. The molecule has 3 heteroatoms. The van der Waals surface area contributed by atoms with E-state index in [4.69, 9.17) is 0 Å². The summed E-state index contributed by atoms with van der Waals surface area (Å²) in [5.41, 5.74) is 4.72. The molecule has 3 aliphatic rings. The Kier molecular flexibility index (Phi) is 3.60. The summed E-state index contributed by atoms with van der Waals surface area (Å²) in [4.78, 5) is 15.0. The Labute approximate surface area is 142 Å². The number of phenolic OH excluding ortho intramolecular Hbond substituents is 1. The van der Waals surface area contributed by atoms with Crippen molar-refractivity contribution < 1.29 is 9.90 Å². The Morgan fingerprint density at radius 3 is 2.46 bits per heavy atom. The molecule has 2 aliphatic heterocycles. The first-order valence-electron chi connectivity index (χ1n) is 8.71. The predicted octanol–water partition coefficient (Wildman–Crippen LogP) is 4.31. The van der Waals surface area contributed by atoms with Crippen molar-refractivity contribution >= 4 is 11.5 Å². The normalized spacial score (nSPS) is 26.0. The van der Waals surface area contributed by atoms with Gasteiger partial charge in [-0.15, -0.1) is 0 Å². The number of hydrogen-bond donors (Lipinski definition) is 1. The maximum atomic E-state index is 12.5. The monoisotopic (exact) mass is 321 g/mol. The summed E-state index contributed by atoms with van der Waals surface area (Å²) < 4.78 is 0. The third kappa shape index (κ3) is 2.48.